The lowest BCUT2D eigenvalue weighted by atomic mass is 10.2. The molecule has 0 bridgehead atoms. The predicted octanol–water partition coefficient (Wildman–Crippen LogP) is 3.81. The number of aromatic nitrogens is 2. The van der Waals surface area contributed by atoms with Crippen molar-refractivity contribution in [3.8, 4) is 0 Å². The number of nitrogens with zero attached hydrogens (tertiary/aromatic N) is 3. The second-order valence-electron chi connectivity index (χ2n) is 5.46. The summed E-state index contributed by atoms with van der Waals surface area (Å²) in [6.45, 7) is 8.25. The van der Waals surface area contributed by atoms with Crippen LogP contribution in [0.25, 0.3) is 0 Å². The fourth-order valence-corrected chi connectivity index (χ4v) is 4.30. The minimum atomic E-state index is -3.74. The molecule has 130 valence electrons. The number of allylic oxidation sites excluding steroid dienone is 1. The Morgan fingerprint density at radius 2 is 2.00 bits per heavy atom. The zero-order chi connectivity index (χ0) is 18.1. The molecule has 0 aliphatic heterocycles. The van der Waals surface area contributed by atoms with Crippen molar-refractivity contribution in [2.75, 3.05) is 7.05 Å². The van der Waals surface area contributed by atoms with Crippen LogP contribution < -0.4 is 0 Å². The number of halogens is 2. The summed E-state index contributed by atoms with van der Waals surface area (Å²) in [4.78, 5) is 0.0323. The van der Waals surface area contributed by atoms with Gasteiger partial charge in [0.1, 0.15) is 4.90 Å². The number of hydrogen-bond acceptors (Lipinski definition) is 3. The molecule has 0 saturated heterocycles. The number of benzene rings is 1. The Balaban J connectivity index is 2.35. The average Bonchev–Trinajstić information content (AvgIpc) is 2.75. The minimum Gasteiger partial charge on any atom is -0.265 e. The maximum atomic E-state index is 12.8. The van der Waals surface area contributed by atoms with Gasteiger partial charge in [0.05, 0.1) is 17.3 Å². The summed E-state index contributed by atoms with van der Waals surface area (Å²) in [6, 6.07) is 4.34. The van der Waals surface area contributed by atoms with Gasteiger partial charge in [-0.05, 0) is 32.0 Å². The molecule has 0 unspecified atom stereocenters. The summed E-state index contributed by atoms with van der Waals surface area (Å²) in [5, 5.41) is 4.91. The van der Waals surface area contributed by atoms with Crippen LogP contribution in [0.5, 0.6) is 0 Å². The number of sulfonamides is 1. The van der Waals surface area contributed by atoms with E-state index in [9.17, 15) is 8.42 Å². The predicted molar refractivity (Wildman–Crippen MR) is 97.0 cm³/mol. The smallest absolute Gasteiger partial charge is 0.244 e. The first-order chi connectivity index (χ1) is 11.2. The van der Waals surface area contributed by atoms with Crippen LogP contribution in [0.3, 0.4) is 0 Å². The molecule has 0 N–H and O–H groups in total. The van der Waals surface area contributed by atoms with E-state index in [1.165, 1.54) is 29.6 Å². The molecule has 1 heterocycles. The molecule has 0 fully saturated rings. The van der Waals surface area contributed by atoms with Crippen molar-refractivity contribution in [2.24, 2.45) is 0 Å². The Morgan fingerprint density at radius 1 is 1.33 bits per heavy atom. The molecule has 0 atom stereocenters. The minimum absolute atomic E-state index is 0.0323. The highest BCUT2D eigenvalue weighted by atomic mass is 35.5. The first-order valence-electron chi connectivity index (χ1n) is 7.23. The quantitative estimate of drug-likeness (QED) is 0.707. The van der Waals surface area contributed by atoms with Crippen LogP contribution in [0.4, 0.5) is 0 Å². The van der Waals surface area contributed by atoms with Gasteiger partial charge in [0, 0.05) is 29.9 Å². The zero-order valence-electron chi connectivity index (χ0n) is 13.8. The van der Waals surface area contributed by atoms with E-state index < -0.39 is 10.0 Å². The Hall–Kier alpha value is -1.34. The summed E-state index contributed by atoms with van der Waals surface area (Å²) >= 11 is 11.9. The fourth-order valence-electron chi connectivity index (χ4n) is 2.42. The molecule has 0 aliphatic carbocycles. The van der Waals surface area contributed by atoms with Crippen molar-refractivity contribution >= 4 is 33.2 Å². The molecule has 5 nitrogen and oxygen atoms in total. The normalized spacial score (nSPS) is 11.9. The molecule has 2 aromatic rings. The molecule has 0 spiro atoms. The van der Waals surface area contributed by atoms with Gasteiger partial charge in [0.2, 0.25) is 10.0 Å². The van der Waals surface area contributed by atoms with E-state index in [-0.39, 0.29) is 16.5 Å². The van der Waals surface area contributed by atoms with Crippen LogP contribution in [0, 0.1) is 13.8 Å². The van der Waals surface area contributed by atoms with Crippen molar-refractivity contribution in [1.29, 1.82) is 0 Å². The maximum Gasteiger partial charge on any atom is 0.244 e. The maximum absolute atomic E-state index is 12.8. The molecular weight excluding hydrogens is 369 g/mol. The standard InChI is InChI=1S/C16H19Cl2N3O2S/c1-5-8-21-12(3)14(11(2)19-21)10-20(4)24(22,23)16-7-6-13(17)9-15(16)18/h5-7,9H,1,8,10H2,2-4H3. The number of hydrogen-bond donors (Lipinski definition) is 0. The van der Waals surface area contributed by atoms with Crippen molar-refractivity contribution in [3.63, 3.8) is 0 Å². The third-order valence-electron chi connectivity index (χ3n) is 3.80. The molecule has 1 aromatic carbocycles. The second kappa shape index (κ2) is 7.27. The fraction of sp³-hybridized carbons (Fsp3) is 0.312. The average molecular weight is 388 g/mol. The largest absolute Gasteiger partial charge is 0.265 e. The first-order valence-corrected chi connectivity index (χ1v) is 9.43. The summed E-state index contributed by atoms with van der Waals surface area (Å²) in [5.74, 6) is 0. The third kappa shape index (κ3) is 3.67. The summed E-state index contributed by atoms with van der Waals surface area (Å²) < 4.78 is 28.6. The van der Waals surface area contributed by atoms with Crippen LogP contribution in [-0.2, 0) is 23.1 Å². The van der Waals surface area contributed by atoms with E-state index in [0.717, 1.165) is 17.0 Å². The second-order valence-corrected chi connectivity index (χ2v) is 8.31. The van der Waals surface area contributed by atoms with Crippen molar-refractivity contribution in [3.05, 3.63) is 57.9 Å². The Bertz CT molecular complexity index is 876. The van der Waals surface area contributed by atoms with E-state index in [2.05, 4.69) is 11.7 Å². The monoisotopic (exact) mass is 387 g/mol. The van der Waals surface area contributed by atoms with E-state index in [0.29, 0.717) is 11.6 Å². The van der Waals surface area contributed by atoms with Crippen LogP contribution in [0.2, 0.25) is 10.0 Å². The van der Waals surface area contributed by atoms with E-state index >= 15 is 0 Å². The van der Waals surface area contributed by atoms with Crippen LogP contribution in [-0.4, -0.2) is 29.6 Å². The summed E-state index contributed by atoms with van der Waals surface area (Å²) in [5.41, 5.74) is 2.57. The van der Waals surface area contributed by atoms with E-state index in [4.69, 9.17) is 23.2 Å². The van der Waals surface area contributed by atoms with E-state index in [1.807, 2.05) is 13.8 Å². The molecule has 0 amide bonds. The SMILES string of the molecule is C=CCn1nc(C)c(CN(C)S(=O)(=O)c2ccc(Cl)cc2Cl)c1C. The van der Waals surface area contributed by atoms with Gasteiger partial charge in [-0.15, -0.1) is 6.58 Å². The van der Waals surface area contributed by atoms with Crippen molar-refractivity contribution in [1.82, 2.24) is 14.1 Å². The van der Waals surface area contributed by atoms with Crippen molar-refractivity contribution in [2.45, 2.75) is 31.8 Å². The topological polar surface area (TPSA) is 55.2 Å². The van der Waals surface area contributed by atoms with Crippen LogP contribution >= 0.6 is 23.2 Å². The van der Waals surface area contributed by atoms with Gasteiger partial charge >= 0.3 is 0 Å². The van der Waals surface area contributed by atoms with Gasteiger partial charge in [0.25, 0.3) is 0 Å². The van der Waals surface area contributed by atoms with Gasteiger partial charge in [-0.25, -0.2) is 8.42 Å². The van der Waals surface area contributed by atoms with Crippen molar-refractivity contribution < 1.29 is 8.42 Å². The lowest BCUT2D eigenvalue weighted by Crippen LogP contribution is -2.27. The van der Waals surface area contributed by atoms with E-state index in [1.54, 1.807) is 10.8 Å². The molecule has 0 saturated carbocycles. The van der Waals surface area contributed by atoms with Gasteiger partial charge in [-0.3, -0.25) is 4.68 Å². The Labute approximate surface area is 152 Å². The first kappa shape index (κ1) is 19.0. The molecular formula is C16H19Cl2N3O2S. The summed E-state index contributed by atoms with van der Waals surface area (Å²) in [7, 11) is -2.22. The molecule has 8 heteroatoms. The lowest BCUT2D eigenvalue weighted by Gasteiger charge is -2.18. The van der Waals surface area contributed by atoms with Crippen LogP contribution in [0.15, 0.2) is 35.7 Å². The molecule has 0 aliphatic rings. The van der Waals surface area contributed by atoms with Gasteiger partial charge in [-0.1, -0.05) is 29.3 Å². The Kier molecular flexibility index (Phi) is 5.75. The molecule has 1 aromatic heterocycles. The molecule has 0 radical (unpaired) electrons. The van der Waals surface area contributed by atoms with Gasteiger partial charge in [-0.2, -0.15) is 9.40 Å². The molecule has 24 heavy (non-hydrogen) atoms. The number of rotatable bonds is 6. The highest BCUT2D eigenvalue weighted by Gasteiger charge is 2.25. The van der Waals surface area contributed by atoms with Crippen LogP contribution in [0.1, 0.15) is 17.0 Å². The highest BCUT2D eigenvalue weighted by molar-refractivity contribution is 7.89. The third-order valence-corrected chi connectivity index (χ3v) is 6.32. The highest BCUT2D eigenvalue weighted by Crippen LogP contribution is 2.28. The number of aryl methyl sites for hydroxylation is 1. The lowest BCUT2D eigenvalue weighted by molar-refractivity contribution is 0.465. The van der Waals surface area contributed by atoms with Gasteiger partial charge < -0.3 is 0 Å². The Morgan fingerprint density at radius 3 is 2.58 bits per heavy atom. The zero-order valence-corrected chi connectivity index (χ0v) is 16.1. The van der Waals surface area contributed by atoms with Gasteiger partial charge in [0.15, 0.2) is 0 Å². The molecule has 2 rings (SSSR count). The summed E-state index contributed by atoms with van der Waals surface area (Å²) in [6.07, 6.45) is 1.75.